The van der Waals surface area contributed by atoms with Crippen molar-refractivity contribution in [2.45, 2.75) is 64.7 Å². The molecule has 0 atom stereocenters. The van der Waals surface area contributed by atoms with Crippen molar-refractivity contribution in [3.05, 3.63) is 34.8 Å². The van der Waals surface area contributed by atoms with Gasteiger partial charge in [-0.15, -0.1) is 10.2 Å². The minimum atomic E-state index is -0.220. The lowest BCUT2D eigenvalue weighted by Gasteiger charge is -2.18. The maximum absolute atomic E-state index is 12.3. The molecule has 0 bridgehead atoms. The zero-order valence-corrected chi connectivity index (χ0v) is 18.7. The van der Waals surface area contributed by atoms with Gasteiger partial charge < -0.3 is 9.47 Å². The lowest BCUT2D eigenvalue weighted by atomic mass is 9.90. The molecule has 1 aliphatic rings. The van der Waals surface area contributed by atoms with Gasteiger partial charge in [0.15, 0.2) is 11.5 Å². The smallest absolute Gasteiger partial charge is 0.250 e. The predicted octanol–water partition coefficient (Wildman–Crippen LogP) is 5.82. The molecule has 0 unspecified atom stereocenters. The summed E-state index contributed by atoms with van der Waals surface area (Å²) >= 11 is 1.49. The molecule has 1 saturated carbocycles. The van der Waals surface area contributed by atoms with Crippen LogP contribution in [0.3, 0.4) is 0 Å². The van der Waals surface area contributed by atoms with Crippen molar-refractivity contribution in [3.63, 3.8) is 0 Å². The number of aromatic nitrogens is 2. The van der Waals surface area contributed by atoms with Crippen LogP contribution in [0.5, 0.6) is 11.5 Å². The highest BCUT2D eigenvalue weighted by Gasteiger charge is 2.20. The van der Waals surface area contributed by atoms with Crippen molar-refractivity contribution in [3.8, 4) is 11.5 Å². The van der Waals surface area contributed by atoms with Crippen LogP contribution < -0.4 is 14.8 Å². The van der Waals surface area contributed by atoms with Gasteiger partial charge in [0.25, 0.3) is 0 Å². The molecule has 30 heavy (non-hydrogen) atoms. The third-order valence-corrected chi connectivity index (χ3v) is 6.08. The number of hydrogen-bond acceptors (Lipinski definition) is 6. The van der Waals surface area contributed by atoms with Crippen LogP contribution in [-0.4, -0.2) is 29.3 Å². The van der Waals surface area contributed by atoms with Gasteiger partial charge in [-0.05, 0) is 50.0 Å². The lowest BCUT2D eigenvalue weighted by Crippen LogP contribution is -2.07. The Bertz CT molecular complexity index is 844. The standard InChI is InChI=1S/C23H31N3O3S/c1-3-5-15-29-19-13-11-17(16-20(19)28-4-2)12-14-21(27)24-23-26-25-22(30-23)18-9-7-6-8-10-18/h11-14,16,18H,3-10,15H2,1-2H3,(H,24,26,27)/b14-12+. The molecule has 6 nitrogen and oxygen atoms in total. The number of nitrogens with one attached hydrogen (secondary N) is 1. The Balaban J connectivity index is 1.58. The minimum absolute atomic E-state index is 0.220. The predicted molar refractivity (Wildman–Crippen MR) is 121 cm³/mol. The zero-order chi connectivity index (χ0) is 21.2. The van der Waals surface area contributed by atoms with E-state index in [-0.39, 0.29) is 5.91 Å². The Hall–Kier alpha value is -2.41. The first-order valence-electron chi connectivity index (χ1n) is 10.9. The van der Waals surface area contributed by atoms with Crippen molar-refractivity contribution in [2.75, 3.05) is 18.5 Å². The van der Waals surface area contributed by atoms with Gasteiger partial charge in [-0.2, -0.15) is 0 Å². The summed E-state index contributed by atoms with van der Waals surface area (Å²) < 4.78 is 11.5. The molecule has 0 saturated heterocycles. The first kappa shape index (κ1) is 22.3. The molecule has 162 valence electrons. The van der Waals surface area contributed by atoms with Crippen LogP contribution >= 0.6 is 11.3 Å². The molecule has 1 aromatic carbocycles. The largest absolute Gasteiger partial charge is 0.490 e. The summed E-state index contributed by atoms with van der Waals surface area (Å²) in [5.41, 5.74) is 0.872. The topological polar surface area (TPSA) is 73.3 Å². The van der Waals surface area contributed by atoms with Crippen LogP contribution in [0.1, 0.15) is 75.3 Å². The molecular weight excluding hydrogens is 398 g/mol. The molecule has 2 aromatic rings. The fraction of sp³-hybridized carbons (Fsp3) is 0.522. The second-order valence-electron chi connectivity index (χ2n) is 7.44. The monoisotopic (exact) mass is 429 g/mol. The Morgan fingerprint density at radius 2 is 2.00 bits per heavy atom. The van der Waals surface area contributed by atoms with Crippen LogP contribution in [-0.2, 0) is 4.79 Å². The van der Waals surface area contributed by atoms with Crippen LogP contribution in [0.4, 0.5) is 5.13 Å². The number of carbonyl (C=O) groups is 1. The summed E-state index contributed by atoms with van der Waals surface area (Å²) in [6.07, 6.45) is 11.5. The highest BCUT2D eigenvalue weighted by atomic mass is 32.1. The second-order valence-corrected chi connectivity index (χ2v) is 8.45. The van der Waals surface area contributed by atoms with E-state index in [2.05, 4.69) is 22.4 Å². The number of benzene rings is 1. The molecule has 0 radical (unpaired) electrons. The van der Waals surface area contributed by atoms with Gasteiger partial charge in [-0.1, -0.05) is 50.0 Å². The second kappa shape index (κ2) is 11.7. The van der Waals surface area contributed by atoms with Crippen molar-refractivity contribution >= 4 is 28.5 Å². The normalized spacial score (nSPS) is 14.7. The van der Waals surface area contributed by atoms with E-state index in [1.165, 1.54) is 49.5 Å². The van der Waals surface area contributed by atoms with Crippen LogP contribution in [0.2, 0.25) is 0 Å². The maximum Gasteiger partial charge on any atom is 0.250 e. The van der Waals surface area contributed by atoms with E-state index < -0.39 is 0 Å². The van der Waals surface area contributed by atoms with Gasteiger partial charge in [0, 0.05) is 12.0 Å². The number of rotatable bonds is 10. The van der Waals surface area contributed by atoms with E-state index >= 15 is 0 Å². The Kier molecular flexibility index (Phi) is 8.68. The van der Waals surface area contributed by atoms with Gasteiger partial charge in [-0.3, -0.25) is 10.1 Å². The molecule has 3 rings (SSSR count). The highest BCUT2D eigenvalue weighted by Crippen LogP contribution is 2.35. The fourth-order valence-electron chi connectivity index (χ4n) is 3.46. The first-order valence-corrected chi connectivity index (χ1v) is 11.7. The molecule has 1 N–H and O–H groups in total. The molecule has 1 fully saturated rings. The fourth-order valence-corrected chi connectivity index (χ4v) is 4.38. The van der Waals surface area contributed by atoms with E-state index in [0.29, 0.717) is 30.0 Å². The molecule has 1 aromatic heterocycles. The molecule has 0 aliphatic heterocycles. The molecule has 7 heteroatoms. The van der Waals surface area contributed by atoms with E-state index in [4.69, 9.17) is 9.47 Å². The molecule has 1 aliphatic carbocycles. The van der Waals surface area contributed by atoms with Crippen LogP contribution in [0.25, 0.3) is 6.08 Å². The summed E-state index contributed by atoms with van der Waals surface area (Å²) in [6.45, 7) is 5.29. The van der Waals surface area contributed by atoms with Crippen LogP contribution in [0, 0.1) is 0 Å². The molecular formula is C23H31N3O3S. The number of nitrogens with zero attached hydrogens (tertiary/aromatic N) is 2. The van der Waals surface area contributed by atoms with Gasteiger partial charge in [0.05, 0.1) is 13.2 Å². The number of ether oxygens (including phenoxy) is 2. The number of unbranched alkanes of at least 4 members (excludes halogenated alkanes) is 1. The van der Waals surface area contributed by atoms with E-state index in [1.54, 1.807) is 6.08 Å². The Labute approximate surface area is 182 Å². The van der Waals surface area contributed by atoms with Gasteiger partial charge in [0.2, 0.25) is 11.0 Å². The number of anilines is 1. The van der Waals surface area contributed by atoms with E-state index in [1.807, 2.05) is 25.1 Å². The first-order chi connectivity index (χ1) is 14.7. The summed E-state index contributed by atoms with van der Waals surface area (Å²) in [6, 6.07) is 5.69. The van der Waals surface area contributed by atoms with Gasteiger partial charge in [0.1, 0.15) is 5.01 Å². The summed E-state index contributed by atoms with van der Waals surface area (Å²) in [5, 5.41) is 12.8. The molecule has 1 amide bonds. The lowest BCUT2D eigenvalue weighted by molar-refractivity contribution is -0.111. The maximum atomic E-state index is 12.3. The highest BCUT2D eigenvalue weighted by molar-refractivity contribution is 7.15. The van der Waals surface area contributed by atoms with Crippen molar-refractivity contribution in [1.82, 2.24) is 10.2 Å². The molecule has 0 spiro atoms. The van der Waals surface area contributed by atoms with Crippen molar-refractivity contribution in [1.29, 1.82) is 0 Å². The Morgan fingerprint density at radius 3 is 2.77 bits per heavy atom. The third-order valence-electron chi connectivity index (χ3n) is 5.08. The number of amides is 1. The van der Waals surface area contributed by atoms with Gasteiger partial charge in [-0.25, -0.2) is 0 Å². The third kappa shape index (κ3) is 6.55. The van der Waals surface area contributed by atoms with Crippen molar-refractivity contribution in [2.24, 2.45) is 0 Å². The van der Waals surface area contributed by atoms with Crippen molar-refractivity contribution < 1.29 is 14.3 Å². The SMILES string of the molecule is CCCCOc1ccc(/C=C/C(=O)Nc2nnc(C3CCCCC3)s2)cc1OCC. The summed E-state index contributed by atoms with van der Waals surface area (Å²) in [7, 11) is 0. The quantitative estimate of drug-likeness (QED) is 0.381. The van der Waals surface area contributed by atoms with E-state index in [0.717, 1.165) is 29.2 Å². The molecule has 1 heterocycles. The average Bonchev–Trinajstić information content (AvgIpc) is 3.23. The average molecular weight is 430 g/mol. The Morgan fingerprint density at radius 1 is 1.17 bits per heavy atom. The number of carbonyl (C=O) groups excluding carboxylic acids is 1. The number of hydrogen-bond donors (Lipinski definition) is 1. The zero-order valence-electron chi connectivity index (χ0n) is 17.9. The van der Waals surface area contributed by atoms with Crippen LogP contribution in [0.15, 0.2) is 24.3 Å². The van der Waals surface area contributed by atoms with Gasteiger partial charge >= 0.3 is 0 Å². The van der Waals surface area contributed by atoms with E-state index in [9.17, 15) is 4.79 Å². The minimum Gasteiger partial charge on any atom is -0.490 e. The summed E-state index contributed by atoms with van der Waals surface area (Å²) in [4.78, 5) is 12.3. The summed E-state index contributed by atoms with van der Waals surface area (Å²) in [5.74, 6) is 1.70.